The van der Waals surface area contributed by atoms with Crippen LogP contribution >= 0.6 is 0 Å². The number of benzene rings is 2. The molecular weight excluding hydrogens is 353 g/mol. The molecule has 1 amide bonds. The van der Waals surface area contributed by atoms with E-state index < -0.39 is 5.60 Å². The maximum absolute atomic E-state index is 13.5. The molecule has 2 aromatic rings. The molecule has 28 heavy (non-hydrogen) atoms. The van der Waals surface area contributed by atoms with Crippen LogP contribution in [0.4, 0.5) is 4.39 Å². The normalized spacial score (nSPS) is 27.6. The van der Waals surface area contributed by atoms with E-state index in [1.807, 2.05) is 41.3 Å². The van der Waals surface area contributed by atoms with Crippen molar-refractivity contribution in [3.63, 3.8) is 0 Å². The minimum atomic E-state index is -0.739. The van der Waals surface area contributed by atoms with E-state index in [1.165, 1.54) is 12.1 Å². The molecule has 146 valence electrons. The van der Waals surface area contributed by atoms with Crippen LogP contribution < -0.4 is 0 Å². The van der Waals surface area contributed by atoms with Crippen molar-refractivity contribution in [2.75, 3.05) is 6.54 Å². The summed E-state index contributed by atoms with van der Waals surface area (Å²) in [7, 11) is 0. The van der Waals surface area contributed by atoms with Gasteiger partial charge in [-0.25, -0.2) is 4.39 Å². The largest absolute Gasteiger partial charge is 0.389 e. The summed E-state index contributed by atoms with van der Waals surface area (Å²) in [6.45, 7) is 0.507. The minimum absolute atomic E-state index is 0.0189. The number of aliphatic hydroxyl groups is 1. The molecule has 1 saturated heterocycles. The summed E-state index contributed by atoms with van der Waals surface area (Å²) in [5.74, 6) is -0.374. The molecule has 0 aromatic heterocycles. The zero-order valence-electron chi connectivity index (χ0n) is 15.9. The summed E-state index contributed by atoms with van der Waals surface area (Å²) in [5, 5.41) is 11.3. The minimum Gasteiger partial charge on any atom is -0.389 e. The summed E-state index contributed by atoms with van der Waals surface area (Å²) >= 11 is 0. The van der Waals surface area contributed by atoms with Crippen molar-refractivity contribution < 1.29 is 14.3 Å². The Bertz CT molecular complexity index is 849. The summed E-state index contributed by atoms with van der Waals surface area (Å²) in [6, 6.07) is 15.9. The number of hydrogen-bond donors (Lipinski definition) is 1. The molecule has 1 aliphatic heterocycles. The molecule has 1 saturated carbocycles. The molecule has 0 unspecified atom stereocenters. The second-order valence-electron chi connectivity index (χ2n) is 7.98. The van der Waals surface area contributed by atoms with Crippen LogP contribution in [0.15, 0.2) is 60.7 Å². The average Bonchev–Trinajstić information content (AvgIpc) is 2.72. The topological polar surface area (TPSA) is 40.5 Å². The first-order valence-corrected chi connectivity index (χ1v) is 10.1. The first-order valence-electron chi connectivity index (χ1n) is 10.1. The third-order valence-corrected chi connectivity index (χ3v) is 6.28. The molecule has 1 N–H and O–H groups in total. The monoisotopic (exact) mass is 379 g/mol. The van der Waals surface area contributed by atoms with E-state index in [9.17, 15) is 14.3 Å². The zero-order chi connectivity index (χ0) is 19.6. The van der Waals surface area contributed by atoms with Gasteiger partial charge in [0.25, 0.3) is 0 Å². The molecule has 4 heteroatoms. The van der Waals surface area contributed by atoms with Crippen LogP contribution in [-0.4, -0.2) is 28.1 Å². The van der Waals surface area contributed by atoms with E-state index in [-0.39, 0.29) is 23.7 Å². The lowest BCUT2D eigenvalue weighted by Crippen LogP contribution is -2.56. The number of hydrogen-bond acceptors (Lipinski definition) is 2. The van der Waals surface area contributed by atoms with E-state index in [1.54, 1.807) is 18.2 Å². The number of rotatable bonds is 3. The second-order valence-corrected chi connectivity index (χ2v) is 7.98. The summed E-state index contributed by atoms with van der Waals surface area (Å²) in [5.41, 5.74) is 1.13. The summed E-state index contributed by atoms with van der Waals surface area (Å²) < 4.78 is 13.5. The lowest BCUT2D eigenvalue weighted by Gasteiger charge is -2.52. The number of nitrogens with zero attached hydrogens (tertiary/aromatic N) is 1. The number of fused-ring (bicyclic) bond motifs is 1. The van der Waals surface area contributed by atoms with Gasteiger partial charge in [0, 0.05) is 18.5 Å². The third kappa shape index (κ3) is 3.74. The predicted molar refractivity (Wildman–Crippen MR) is 108 cm³/mol. The third-order valence-electron chi connectivity index (χ3n) is 6.28. The molecular formula is C24H26FNO2. The van der Waals surface area contributed by atoms with Gasteiger partial charge in [0.1, 0.15) is 5.82 Å². The van der Waals surface area contributed by atoms with Crippen LogP contribution in [0.25, 0.3) is 6.08 Å². The van der Waals surface area contributed by atoms with Gasteiger partial charge >= 0.3 is 0 Å². The summed E-state index contributed by atoms with van der Waals surface area (Å²) in [6.07, 6.45) is 7.75. The lowest BCUT2D eigenvalue weighted by molar-refractivity contribution is -0.150. The number of carbonyl (C=O) groups is 1. The predicted octanol–water partition coefficient (Wildman–Crippen LogP) is 4.73. The van der Waals surface area contributed by atoms with E-state index >= 15 is 0 Å². The highest BCUT2D eigenvalue weighted by Crippen LogP contribution is 2.49. The van der Waals surface area contributed by atoms with Crippen LogP contribution in [-0.2, 0) is 4.79 Å². The molecule has 2 aromatic carbocycles. The first kappa shape index (κ1) is 18.9. The fraction of sp³-hybridized carbons (Fsp3) is 0.375. The van der Waals surface area contributed by atoms with Gasteiger partial charge in [-0.1, -0.05) is 55.3 Å². The standard InChI is InChI=1S/C24H26FNO2/c25-20-12-10-19(11-13-20)23-21-8-4-5-15-24(21,28)16-17-26(23)22(27)14-9-18-6-2-1-3-7-18/h1-3,6-7,9-14,21,23,28H,4-5,8,15-17H2/b14-9+/t21-,23+,24-/m0/s1. The molecule has 2 aliphatic rings. The van der Waals surface area contributed by atoms with Crippen molar-refractivity contribution in [1.29, 1.82) is 0 Å². The van der Waals surface area contributed by atoms with Gasteiger partial charge in [-0.3, -0.25) is 4.79 Å². The highest BCUT2D eigenvalue weighted by atomic mass is 19.1. The van der Waals surface area contributed by atoms with Crippen LogP contribution in [0.5, 0.6) is 0 Å². The smallest absolute Gasteiger partial charge is 0.247 e. The van der Waals surface area contributed by atoms with Crippen LogP contribution in [0.1, 0.15) is 49.3 Å². The van der Waals surface area contributed by atoms with Crippen LogP contribution in [0.2, 0.25) is 0 Å². The number of carbonyl (C=O) groups excluding carboxylic acids is 1. The highest BCUT2D eigenvalue weighted by molar-refractivity contribution is 5.92. The SMILES string of the molecule is O=C(/C=C/c1ccccc1)N1CC[C@@]2(O)CCCC[C@H]2[C@H]1c1ccc(F)cc1. The molecule has 2 fully saturated rings. The Morgan fingerprint density at radius 3 is 2.57 bits per heavy atom. The Kier molecular flexibility index (Phi) is 5.31. The number of piperidine rings is 1. The van der Waals surface area contributed by atoms with E-state index in [4.69, 9.17) is 0 Å². The number of halogens is 1. The second kappa shape index (κ2) is 7.88. The molecule has 0 spiro atoms. The molecule has 0 bridgehead atoms. The van der Waals surface area contributed by atoms with Crippen LogP contribution in [0, 0.1) is 11.7 Å². The van der Waals surface area contributed by atoms with E-state index in [0.717, 1.165) is 36.8 Å². The average molecular weight is 379 g/mol. The molecule has 1 aliphatic carbocycles. The first-order chi connectivity index (χ1) is 13.6. The van der Waals surface area contributed by atoms with Crippen LogP contribution in [0.3, 0.4) is 0 Å². The molecule has 3 atom stereocenters. The van der Waals surface area contributed by atoms with Gasteiger partial charge in [-0.15, -0.1) is 0 Å². The fourth-order valence-electron chi connectivity index (χ4n) is 4.83. The molecule has 1 heterocycles. The number of amides is 1. The van der Waals surface area contributed by atoms with E-state index in [2.05, 4.69) is 0 Å². The zero-order valence-corrected chi connectivity index (χ0v) is 15.9. The van der Waals surface area contributed by atoms with Gasteiger partial charge in [-0.05, 0) is 48.6 Å². The Morgan fingerprint density at radius 2 is 1.82 bits per heavy atom. The van der Waals surface area contributed by atoms with Gasteiger partial charge in [0.15, 0.2) is 0 Å². The molecule has 0 radical (unpaired) electrons. The Morgan fingerprint density at radius 1 is 1.07 bits per heavy atom. The van der Waals surface area contributed by atoms with Crippen molar-refractivity contribution >= 4 is 12.0 Å². The van der Waals surface area contributed by atoms with Crippen molar-refractivity contribution in [3.8, 4) is 0 Å². The quantitative estimate of drug-likeness (QED) is 0.783. The highest BCUT2D eigenvalue weighted by Gasteiger charge is 2.49. The van der Waals surface area contributed by atoms with Gasteiger partial charge < -0.3 is 10.0 Å². The molecule has 4 rings (SSSR count). The number of likely N-dealkylation sites (tertiary alicyclic amines) is 1. The molecule has 3 nitrogen and oxygen atoms in total. The fourth-order valence-corrected chi connectivity index (χ4v) is 4.83. The van der Waals surface area contributed by atoms with Crippen molar-refractivity contribution in [3.05, 3.63) is 77.6 Å². The lowest BCUT2D eigenvalue weighted by atomic mass is 9.66. The Balaban J connectivity index is 1.65. The Labute approximate surface area is 165 Å². The van der Waals surface area contributed by atoms with Gasteiger partial charge in [0.2, 0.25) is 5.91 Å². The van der Waals surface area contributed by atoms with Crippen molar-refractivity contribution in [1.82, 2.24) is 4.90 Å². The maximum atomic E-state index is 13.5. The van der Waals surface area contributed by atoms with Gasteiger partial charge in [0.05, 0.1) is 11.6 Å². The van der Waals surface area contributed by atoms with E-state index in [0.29, 0.717) is 13.0 Å². The van der Waals surface area contributed by atoms with Gasteiger partial charge in [-0.2, -0.15) is 0 Å². The Hall–Kier alpha value is -2.46. The van der Waals surface area contributed by atoms with Crippen molar-refractivity contribution in [2.45, 2.75) is 43.7 Å². The summed E-state index contributed by atoms with van der Waals surface area (Å²) in [4.78, 5) is 14.9. The maximum Gasteiger partial charge on any atom is 0.247 e. The van der Waals surface area contributed by atoms with Crippen molar-refractivity contribution in [2.24, 2.45) is 5.92 Å².